The topological polar surface area (TPSA) is 111 Å². The molecule has 0 saturated heterocycles. The monoisotopic (exact) mass is 369 g/mol. The van der Waals surface area contributed by atoms with Gasteiger partial charge in [0, 0.05) is 14.7 Å². The van der Waals surface area contributed by atoms with E-state index in [1.54, 1.807) is 0 Å². The highest BCUT2D eigenvalue weighted by atomic mass is 35.5. The predicted octanol–water partition coefficient (Wildman–Crippen LogP) is 1.46. The molecule has 0 aromatic carbocycles. The molecule has 1 heterocycles. The Morgan fingerprint density at radius 2 is 2.05 bits per heavy atom. The summed E-state index contributed by atoms with van der Waals surface area (Å²) < 4.78 is 32.3. The van der Waals surface area contributed by atoms with Crippen molar-refractivity contribution in [1.82, 2.24) is 14.3 Å². The summed E-state index contributed by atoms with van der Waals surface area (Å²) in [5.41, 5.74) is -0.413. The first-order chi connectivity index (χ1) is 9.99. The smallest absolute Gasteiger partial charge is 0.355 e. The molecule has 2 N–H and O–H groups in total. The minimum absolute atomic E-state index is 0.248. The third-order valence-corrected chi connectivity index (χ3v) is 6.12. The molecule has 11 heteroatoms. The van der Waals surface area contributed by atoms with E-state index in [1.807, 2.05) is 0 Å². The number of ether oxygens (including phenoxy) is 1. The average Bonchev–Trinajstić information content (AvgIpc) is 2.71. The Hall–Kier alpha value is -0.943. The van der Waals surface area contributed by atoms with Crippen LogP contribution in [0.2, 0.25) is 30.8 Å². The average molecular weight is 370 g/mol. The molecule has 0 spiro atoms. The number of nitrogens with one attached hydrogen (secondary N) is 1. The predicted molar refractivity (Wildman–Crippen MR) is 84.5 cm³/mol. The van der Waals surface area contributed by atoms with Gasteiger partial charge < -0.3 is 9.84 Å². The van der Waals surface area contributed by atoms with E-state index in [9.17, 15) is 18.3 Å². The lowest BCUT2D eigenvalue weighted by molar-refractivity contribution is 0.0602. The van der Waals surface area contributed by atoms with Gasteiger partial charge in [-0.05, 0) is 13.1 Å². The molecular weight excluding hydrogens is 350 g/mol. The Bertz CT molecular complexity index is 653. The van der Waals surface area contributed by atoms with Gasteiger partial charge in [-0.25, -0.2) is 22.9 Å². The first-order valence-corrected chi connectivity index (χ1v) is 12.1. The summed E-state index contributed by atoms with van der Waals surface area (Å²) in [6.45, 7) is 6.67. The fourth-order valence-electron chi connectivity index (χ4n) is 1.56. The van der Waals surface area contributed by atoms with Crippen molar-refractivity contribution in [3.63, 3.8) is 0 Å². The molecule has 0 radical (unpaired) electrons. The second-order valence-corrected chi connectivity index (χ2v) is 13.6. The molecule has 0 atom stereocenters. The van der Waals surface area contributed by atoms with Crippen molar-refractivity contribution >= 4 is 35.7 Å². The van der Waals surface area contributed by atoms with Crippen molar-refractivity contribution in [2.75, 3.05) is 13.7 Å². The van der Waals surface area contributed by atoms with Crippen LogP contribution in [0.3, 0.4) is 0 Å². The quantitative estimate of drug-likeness (QED) is 0.530. The van der Waals surface area contributed by atoms with Crippen molar-refractivity contribution in [3.8, 4) is 0 Å². The maximum absolute atomic E-state index is 11.9. The van der Waals surface area contributed by atoms with Gasteiger partial charge in [0.25, 0.3) is 10.0 Å². The van der Waals surface area contributed by atoms with E-state index < -0.39 is 40.1 Å². The zero-order valence-electron chi connectivity index (χ0n) is 12.9. The number of carboxylic acids is 1. The van der Waals surface area contributed by atoms with Gasteiger partial charge in [0.15, 0.2) is 10.8 Å². The number of halogens is 1. The molecule has 1 aromatic heterocycles. The molecule has 0 fully saturated rings. The third-order valence-electron chi connectivity index (χ3n) is 2.82. The molecule has 8 nitrogen and oxygen atoms in total. The Morgan fingerprint density at radius 3 is 2.50 bits per heavy atom. The number of nitrogens with zero attached hydrogens (tertiary/aromatic N) is 2. The first kappa shape index (κ1) is 19.1. The summed E-state index contributed by atoms with van der Waals surface area (Å²) >= 11 is 5.74. The van der Waals surface area contributed by atoms with E-state index >= 15 is 0 Å². The standard InChI is InChI=1S/C11H20ClN3O5SSi/c1-13-21(18,19)11-14-9(12)8(10(16)17)15(11)7-20-5-6-22(2,3)4/h13H,5-7H2,1-4H3,(H,16,17). The number of sulfonamides is 1. The van der Waals surface area contributed by atoms with Gasteiger partial charge in [-0.2, -0.15) is 0 Å². The van der Waals surface area contributed by atoms with Gasteiger partial charge in [-0.1, -0.05) is 31.2 Å². The summed E-state index contributed by atoms with van der Waals surface area (Å²) in [6, 6.07) is 0.867. The maximum atomic E-state index is 11.9. The normalized spacial score (nSPS) is 12.6. The second-order valence-electron chi connectivity index (χ2n) is 5.82. The molecule has 0 bridgehead atoms. The van der Waals surface area contributed by atoms with Crippen molar-refractivity contribution in [2.24, 2.45) is 0 Å². The number of carbonyl (C=O) groups is 1. The van der Waals surface area contributed by atoms with Gasteiger partial charge >= 0.3 is 5.97 Å². The number of hydrogen-bond acceptors (Lipinski definition) is 5. The maximum Gasteiger partial charge on any atom is 0.355 e. The Morgan fingerprint density at radius 1 is 1.45 bits per heavy atom. The van der Waals surface area contributed by atoms with E-state index in [4.69, 9.17) is 16.3 Å². The molecule has 0 unspecified atom stereocenters. The van der Waals surface area contributed by atoms with E-state index in [2.05, 4.69) is 29.3 Å². The minimum atomic E-state index is -3.95. The molecule has 0 aliphatic carbocycles. The van der Waals surface area contributed by atoms with Crippen LogP contribution < -0.4 is 4.72 Å². The number of rotatable bonds is 8. The zero-order chi connectivity index (χ0) is 17.1. The number of hydrogen-bond donors (Lipinski definition) is 2. The molecular formula is C11H20ClN3O5SSi. The Labute approximate surface area is 135 Å². The van der Waals surface area contributed by atoms with E-state index in [0.29, 0.717) is 6.61 Å². The van der Waals surface area contributed by atoms with Crippen LogP contribution in [0, 0.1) is 0 Å². The lowest BCUT2D eigenvalue weighted by Gasteiger charge is -2.16. The Balaban J connectivity index is 3.07. The molecule has 1 aromatic rings. The SMILES string of the molecule is CNS(=O)(=O)c1nc(Cl)c(C(=O)O)n1COCC[Si](C)(C)C. The third kappa shape index (κ3) is 4.78. The molecule has 22 heavy (non-hydrogen) atoms. The summed E-state index contributed by atoms with van der Waals surface area (Å²) in [4.78, 5) is 14.9. The summed E-state index contributed by atoms with van der Waals surface area (Å²) in [5.74, 6) is -1.37. The van der Waals surface area contributed by atoms with Crippen LogP contribution in [-0.2, 0) is 21.5 Å². The van der Waals surface area contributed by atoms with Crippen LogP contribution in [0.1, 0.15) is 10.5 Å². The minimum Gasteiger partial charge on any atom is -0.476 e. The molecule has 0 aliphatic heterocycles. The van der Waals surface area contributed by atoms with Crippen LogP contribution in [0.15, 0.2) is 5.16 Å². The number of imidazole rings is 1. The van der Waals surface area contributed by atoms with Crippen LogP contribution in [-0.4, -0.2) is 50.8 Å². The van der Waals surface area contributed by atoms with Gasteiger partial charge in [0.2, 0.25) is 5.16 Å². The highest BCUT2D eigenvalue weighted by molar-refractivity contribution is 7.89. The van der Waals surface area contributed by atoms with Crippen molar-refractivity contribution in [2.45, 2.75) is 37.6 Å². The summed E-state index contributed by atoms with van der Waals surface area (Å²) in [7, 11) is -4.05. The number of aromatic carboxylic acids is 1. The number of carboxylic acid groups (broad SMARTS) is 1. The summed E-state index contributed by atoms with van der Waals surface area (Å²) in [5, 5.41) is 8.30. The molecule has 1 rings (SSSR count). The first-order valence-electron chi connectivity index (χ1n) is 6.50. The lowest BCUT2D eigenvalue weighted by atomic mass is 10.5. The summed E-state index contributed by atoms with van der Waals surface area (Å²) in [6.07, 6.45) is 0. The fourth-order valence-corrected chi connectivity index (χ4v) is 3.46. The van der Waals surface area contributed by atoms with Crippen molar-refractivity contribution in [3.05, 3.63) is 10.8 Å². The molecule has 0 saturated carbocycles. The van der Waals surface area contributed by atoms with Crippen LogP contribution >= 0.6 is 11.6 Å². The molecule has 0 amide bonds. The van der Waals surface area contributed by atoms with Gasteiger partial charge in [-0.3, -0.25) is 4.57 Å². The molecule has 0 aliphatic rings. The lowest BCUT2D eigenvalue weighted by Crippen LogP contribution is -2.26. The van der Waals surface area contributed by atoms with Crippen LogP contribution in [0.4, 0.5) is 0 Å². The van der Waals surface area contributed by atoms with Gasteiger partial charge in [0.05, 0.1) is 0 Å². The van der Waals surface area contributed by atoms with E-state index in [1.165, 1.54) is 7.05 Å². The van der Waals surface area contributed by atoms with Crippen LogP contribution in [0.5, 0.6) is 0 Å². The van der Waals surface area contributed by atoms with Crippen molar-refractivity contribution in [1.29, 1.82) is 0 Å². The van der Waals surface area contributed by atoms with Gasteiger partial charge in [-0.15, -0.1) is 0 Å². The number of aromatic nitrogens is 2. The van der Waals surface area contributed by atoms with Crippen molar-refractivity contribution < 1.29 is 23.1 Å². The van der Waals surface area contributed by atoms with E-state index in [-0.39, 0.29) is 6.73 Å². The zero-order valence-corrected chi connectivity index (χ0v) is 15.5. The van der Waals surface area contributed by atoms with E-state index in [0.717, 1.165) is 10.6 Å². The Kier molecular flexibility index (Phi) is 6.16. The second kappa shape index (κ2) is 7.09. The largest absolute Gasteiger partial charge is 0.476 e. The molecule has 126 valence electrons. The fraction of sp³-hybridized carbons (Fsp3) is 0.636. The van der Waals surface area contributed by atoms with Crippen LogP contribution in [0.25, 0.3) is 0 Å². The highest BCUT2D eigenvalue weighted by Gasteiger charge is 2.28. The van der Waals surface area contributed by atoms with Gasteiger partial charge in [0.1, 0.15) is 6.73 Å². The highest BCUT2D eigenvalue weighted by Crippen LogP contribution is 2.21.